The average Bonchev–Trinajstić information content (AvgIpc) is 2.00. The highest BCUT2D eigenvalue weighted by Gasteiger charge is 2.42. The number of carbonyl (C=O) groups is 1. The topological polar surface area (TPSA) is 57.5 Å². The van der Waals surface area contributed by atoms with Crippen molar-refractivity contribution >= 4 is 5.97 Å². The molecule has 0 rings (SSSR count). The van der Waals surface area contributed by atoms with E-state index in [-0.39, 0.29) is 12.0 Å². The molecule has 0 spiro atoms. The molecule has 13 heavy (non-hydrogen) atoms. The fourth-order valence-corrected chi connectivity index (χ4v) is 1.12. The quantitative estimate of drug-likeness (QED) is 0.692. The summed E-state index contributed by atoms with van der Waals surface area (Å²) in [6.07, 6.45) is 1.38. The molecular formula is C10H20O3. The summed E-state index contributed by atoms with van der Waals surface area (Å²) in [6.45, 7) is 7.44. The van der Waals surface area contributed by atoms with Gasteiger partial charge in [0.25, 0.3) is 0 Å². The molecule has 78 valence electrons. The number of aliphatic hydroxyl groups excluding tert-OH is 1. The van der Waals surface area contributed by atoms with Crippen LogP contribution in [0.3, 0.4) is 0 Å². The van der Waals surface area contributed by atoms with Crippen molar-refractivity contribution in [3.8, 4) is 0 Å². The molecule has 0 fully saturated rings. The molecule has 0 aliphatic heterocycles. The molecule has 0 saturated carbocycles. The summed E-state index contributed by atoms with van der Waals surface area (Å²) in [4.78, 5) is 11.0. The molecule has 0 aliphatic rings. The van der Waals surface area contributed by atoms with Gasteiger partial charge in [-0.25, -0.2) is 0 Å². The van der Waals surface area contributed by atoms with E-state index >= 15 is 0 Å². The first kappa shape index (κ1) is 12.4. The molecule has 3 nitrogen and oxygen atoms in total. The molecule has 0 aromatic rings. The maximum atomic E-state index is 11.0. The zero-order valence-electron chi connectivity index (χ0n) is 8.92. The van der Waals surface area contributed by atoms with Crippen LogP contribution in [0.4, 0.5) is 0 Å². The zero-order chi connectivity index (χ0) is 10.7. The van der Waals surface area contributed by atoms with Crippen LogP contribution in [0.2, 0.25) is 0 Å². The van der Waals surface area contributed by atoms with Crippen LogP contribution in [-0.4, -0.2) is 22.8 Å². The van der Waals surface area contributed by atoms with Gasteiger partial charge in [-0.05, 0) is 32.1 Å². The first-order valence-electron chi connectivity index (χ1n) is 4.60. The summed E-state index contributed by atoms with van der Waals surface area (Å²) in [7, 11) is 0. The molecular weight excluding hydrogens is 168 g/mol. The molecule has 3 heteroatoms. The van der Waals surface area contributed by atoms with Crippen molar-refractivity contribution in [2.75, 3.05) is 6.61 Å². The Kier molecular flexibility index (Phi) is 3.91. The predicted molar refractivity (Wildman–Crippen MR) is 51.5 cm³/mol. The summed E-state index contributed by atoms with van der Waals surface area (Å²) in [5.41, 5.74) is -1.04. The van der Waals surface area contributed by atoms with Gasteiger partial charge in [0.1, 0.15) is 0 Å². The van der Waals surface area contributed by atoms with Crippen molar-refractivity contribution < 1.29 is 15.0 Å². The van der Waals surface area contributed by atoms with Crippen LogP contribution in [0, 0.1) is 10.8 Å². The number of aliphatic carboxylic acids is 1. The highest BCUT2D eigenvalue weighted by Crippen LogP contribution is 2.42. The van der Waals surface area contributed by atoms with E-state index in [1.807, 2.05) is 13.8 Å². The van der Waals surface area contributed by atoms with Crippen LogP contribution in [-0.2, 0) is 4.79 Å². The van der Waals surface area contributed by atoms with Gasteiger partial charge in [-0.2, -0.15) is 0 Å². The van der Waals surface area contributed by atoms with Gasteiger partial charge in [-0.15, -0.1) is 0 Å². The van der Waals surface area contributed by atoms with Crippen molar-refractivity contribution in [2.45, 2.75) is 40.5 Å². The van der Waals surface area contributed by atoms with E-state index in [9.17, 15) is 4.79 Å². The molecule has 0 unspecified atom stereocenters. The Bertz CT molecular complexity index is 183. The van der Waals surface area contributed by atoms with Crippen LogP contribution in [0.15, 0.2) is 0 Å². The second-order valence-corrected chi connectivity index (χ2v) is 4.64. The molecule has 0 heterocycles. The van der Waals surface area contributed by atoms with Crippen molar-refractivity contribution in [2.24, 2.45) is 10.8 Å². The maximum absolute atomic E-state index is 11.0. The molecule has 0 amide bonds. The fourth-order valence-electron chi connectivity index (χ4n) is 1.12. The van der Waals surface area contributed by atoms with Crippen LogP contribution in [0.1, 0.15) is 40.5 Å². The Morgan fingerprint density at radius 2 is 1.69 bits per heavy atom. The summed E-state index contributed by atoms with van der Waals surface area (Å²) < 4.78 is 0. The number of hydrogen-bond acceptors (Lipinski definition) is 2. The van der Waals surface area contributed by atoms with Crippen molar-refractivity contribution in [3.63, 3.8) is 0 Å². The molecule has 0 aliphatic carbocycles. The predicted octanol–water partition coefficient (Wildman–Crippen LogP) is 1.90. The van der Waals surface area contributed by atoms with E-state index in [0.29, 0.717) is 6.42 Å². The van der Waals surface area contributed by atoms with Gasteiger partial charge < -0.3 is 10.2 Å². The third-order valence-corrected chi connectivity index (χ3v) is 3.19. The Balaban J connectivity index is 4.50. The van der Waals surface area contributed by atoms with Gasteiger partial charge in [-0.3, -0.25) is 4.79 Å². The minimum absolute atomic E-state index is 0.124. The number of hydrogen-bond donors (Lipinski definition) is 2. The van der Waals surface area contributed by atoms with E-state index in [1.165, 1.54) is 0 Å². The summed E-state index contributed by atoms with van der Waals surface area (Å²) in [6, 6.07) is 0. The molecule has 0 radical (unpaired) electrons. The summed E-state index contributed by atoms with van der Waals surface area (Å²) >= 11 is 0. The van der Waals surface area contributed by atoms with Gasteiger partial charge >= 0.3 is 5.97 Å². The Labute approximate surface area is 79.8 Å². The number of rotatable bonds is 5. The molecule has 0 aromatic carbocycles. The molecule has 0 aromatic heterocycles. The normalized spacial score (nSPS) is 13.0. The lowest BCUT2D eigenvalue weighted by Gasteiger charge is -2.38. The second-order valence-electron chi connectivity index (χ2n) is 4.64. The molecule has 0 saturated heterocycles. The second kappa shape index (κ2) is 4.09. The van der Waals surface area contributed by atoms with Crippen molar-refractivity contribution in [3.05, 3.63) is 0 Å². The molecule has 2 N–H and O–H groups in total. The maximum Gasteiger partial charge on any atom is 0.309 e. The van der Waals surface area contributed by atoms with E-state index in [1.54, 1.807) is 13.8 Å². The number of aliphatic hydroxyl groups is 1. The van der Waals surface area contributed by atoms with E-state index < -0.39 is 11.4 Å². The lowest BCUT2D eigenvalue weighted by Crippen LogP contribution is -2.39. The van der Waals surface area contributed by atoms with Gasteiger partial charge in [0, 0.05) is 6.61 Å². The zero-order valence-corrected chi connectivity index (χ0v) is 8.92. The third-order valence-electron chi connectivity index (χ3n) is 3.19. The van der Waals surface area contributed by atoms with Crippen LogP contribution >= 0.6 is 0 Å². The Hall–Kier alpha value is -0.570. The van der Waals surface area contributed by atoms with Gasteiger partial charge in [0.15, 0.2) is 0 Å². The summed E-state index contributed by atoms with van der Waals surface area (Å²) in [5.74, 6) is -0.782. The lowest BCUT2D eigenvalue weighted by molar-refractivity contribution is -0.154. The van der Waals surface area contributed by atoms with Gasteiger partial charge in [-0.1, -0.05) is 13.8 Å². The highest BCUT2D eigenvalue weighted by atomic mass is 16.4. The first-order chi connectivity index (χ1) is 5.75. The molecule has 0 bridgehead atoms. The van der Waals surface area contributed by atoms with Gasteiger partial charge in [0.2, 0.25) is 0 Å². The third kappa shape index (κ3) is 2.69. The first-order valence-corrected chi connectivity index (χ1v) is 4.60. The smallest absolute Gasteiger partial charge is 0.309 e. The van der Waals surface area contributed by atoms with Crippen LogP contribution < -0.4 is 0 Å². The SMILES string of the molecule is CC(C)(CCCO)C(C)(C)C(=O)O. The van der Waals surface area contributed by atoms with Gasteiger partial charge in [0.05, 0.1) is 5.41 Å². The minimum Gasteiger partial charge on any atom is -0.481 e. The van der Waals surface area contributed by atoms with Crippen LogP contribution in [0.25, 0.3) is 0 Å². The Morgan fingerprint density at radius 3 is 2.00 bits per heavy atom. The standard InChI is InChI=1S/C10H20O3/c1-9(2,6-5-7-11)10(3,4)8(12)13/h11H,5-7H2,1-4H3,(H,12,13). The van der Waals surface area contributed by atoms with E-state index in [4.69, 9.17) is 10.2 Å². The largest absolute Gasteiger partial charge is 0.481 e. The van der Waals surface area contributed by atoms with Crippen LogP contribution in [0.5, 0.6) is 0 Å². The van der Waals surface area contributed by atoms with E-state index in [0.717, 1.165) is 6.42 Å². The number of carboxylic acids is 1. The number of carboxylic acid groups (broad SMARTS) is 1. The lowest BCUT2D eigenvalue weighted by atomic mass is 9.65. The fraction of sp³-hybridized carbons (Fsp3) is 0.900. The average molecular weight is 188 g/mol. The monoisotopic (exact) mass is 188 g/mol. The molecule has 0 atom stereocenters. The highest BCUT2D eigenvalue weighted by molar-refractivity contribution is 5.74. The van der Waals surface area contributed by atoms with Crippen molar-refractivity contribution in [1.29, 1.82) is 0 Å². The van der Waals surface area contributed by atoms with E-state index in [2.05, 4.69) is 0 Å². The summed E-state index contributed by atoms with van der Waals surface area (Å²) in [5, 5.41) is 17.7. The van der Waals surface area contributed by atoms with Crippen molar-refractivity contribution in [1.82, 2.24) is 0 Å². The minimum atomic E-state index is -0.782. The Morgan fingerprint density at radius 1 is 1.23 bits per heavy atom.